The monoisotopic (exact) mass is 422 g/mol. The Hall–Kier alpha value is -3.42. The van der Waals surface area contributed by atoms with E-state index in [4.69, 9.17) is 9.68 Å². The molecule has 4 aromatic heterocycles. The van der Waals surface area contributed by atoms with Gasteiger partial charge in [-0.3, -0.25) is 14.3 Å². The number of anilines is 1. The van der Waals surface area contributed by atoms with Crippen molar-refractivity contribution in [3.05, 3.63) is 65.7 Å². The van der Waals surface area contributed by atoms with E-state index in [1.165, 1.54) is 23.1 Å². The number of furan rings is 1. The van der Waals surface area contributed by atoms with E-state index in [2.05, 4.69) is 26.6 Å². The van der Waals surface area contributed by atoms with Crippen molar-refractivity contribution in [1.29, 1.82) is 5.26 Å². The molecule has 0 aromatic carbocycles. The Bertz CT molecular complexity index is 1150. The molecule has 10 heteroatoms. The van der Waals surface area contributed by atoms with Crippen molar-refractivity contribution in [1.82, 2.24) is 19.7 Å². The number of carbonyl (C=O) groups excluding carboxylic acids is 1. The van der Waals surface area contributed by atoms with Crippen LogP contribution in [0.1, 0.15) is 11.3 Å². The van der Waals surface area contributed by atoms with Gasteiger partial charge in [-0.05, 0) is 35.7 Å². The van der Waals surface area contributed by atoms with Crippen LogP contribution in [0.25, 0.3) is 11.4 Å². The number of amides is 1. The molecule has 1 amide bonds. The minimum absolute atomic E-state index is 0.131. The normalized spacial score (nSPS) is 10.6. The fraction of sp³-hybridized carbons (Fsp3) is 0.105. The molecule has 4 aromatic rings. The Morgan fingerprint density at radius 2 is 2.24 bits per heavy atom. The van der Waals surface area contributed by atoms with Crippen LogP contribution in [0.15, 0.2) is 63.9 Å². The molecule has 4 heterocycles. The number of carbonyl (C=O) groups is 1. The summed E-state index contributed by atoms with van der Waals surface area (Å²) in [5, 5.41) is 23.3. The largest absolute Gasteiger partial charge is 0.467 e. The Morgan fingerprint density at radius 3 is 3.00 bits per heavy atom. The van der Waals surface area contributed by atoms with Crippen LogP contribution < -0.4 is 5.32 Å². The van der Waals surface area contributed by atoms with E-state index in [9.17, 15) is 4.79 Å². The number of nitrogens with zero attached hydrogens (tertiary/aromatic N) is 5. The molecule has 0 saturated heterocycles. The van der Waals surface area contributed by atoms with Crippen LogP contribution in [-0.2, 0) is 11.3 Å². The van der Waals surface area contributed by atoms with E-state index < -0.39 is 0 Å². The van der Waals surface area contributed by atoms with Crippen molar-refractivity contribution >= 4 is 34.0 Å². The summed E-state index contributed by atoms with van der Waals surface area (Å²) in [6, 6.07) is 11.1. The van der Waals surface area contributed by atoms with Gasteiger partial charge in [0.1, 0.15) is 16.8 Å². The maximum atomic E-state index is 12.3. The first-order valence-electron chi connectivity index (χ1n) is 8.51. The van der Waals surface area contributed by atoms with Crippen molar-refractivity contribution in [3.63, 3.8) is 0 Å². The number of nitrogens with one attached hydrogen (secondary N) is 1. The SMILES string of the molecule is N#Cc1ccsc1NC(=O)CSc1nnc(-c2cccnc2)n1Cc1ccco1. The zero-order valence-corrected chi connectivity index (χ0v) is 16.6. The van der Waals surface area contributed by atoms with Gasteiger partial charge in [-0.1, -0.05) is 11.8 Å². The van der Waals surface area contributed by atoms with Gasteiger partial charge >= 0.3 is 0 Å². The van der Waals surface area contributed by atoms with Gasteiger partial charge in [-0.15, -0.1) is 21.5 Å². The van der Waals surface area contributed by atoms with E-state index >= 15 is 0 Å². The van der Waals surface area contributed by atoms with E-state index in [-0.39, 0.29) is 11.7 Å². The first-order chi connectivity index (χ1) is 14.2. The van der Waals surface area contributed by atoms with E-state index in [1.54, 1.807) is 30.1 Å². The highest BCUT2D eigenvalue weighted by molar-refractivity contribution is 7.99. The summed E-state index contributed by atoms with van der Waals surface area (Å²) >= 11 is 2.58. The van der Waals surface area contributed by atoms with E-state index in [1.807, 2.05) is 28.8 Å². The molecular formula is C19H14N6O2S2. The van der Waals surface area contributed by atoms with Gasteiger partial charge in [-0.25, -0.2) is 0 Å². The highest BCUT2D eigenvalue weighted by atomic mass is 32.2. The predicted octanol–water partition coefficient (Wildman–Crippen LogP) is 3.65. The minimum Gasteiger partial charge on any atom is -0.467 e. The summed E-state index contributed by atoms with van der Waals surface area (Å²) in [4.78, 5) is 16.5. The molecule has 0 aliphatic rings. The van der Waals surface area contributed by atoms with Gasteiger partial charge in [0.25, 0.3) is 0 Å². The van der Waals surface area contributed by atoms with Crippen molar-refractivity contribution in [2.24, 2.45) is 0 Å². The fourth-order valence-corrected chi connectivity index (χ4v) is 4.08. The second-order valence-electron chi connectivity index (χ2n) is 5.83. The molecule has 0 bridgehead atoms. The number of nitriles is 1. The second-order valence-corrected chi connectivity index (χ2v) is 7.68. The standard InChI is InChI=1S/C19H14N6O2S2/c20-9-13-5-8-28-18(13)22-16(26)12-29-19-24-23-17(14-3-1-6-21-10-14)25(19)11-15-4-2-7-27-15/h1-8,10H,11-12H2,(H,22,26). The van der Waals surface area contributed by atoms with Crippen LogP contribution in [0.5, 0.6) is 0 Å². The first-order valence-corrected chi connectivity index (χ1v) is 10.4. The Labute approximate surface area is 174 Å². The lowest BCUT2D eigenvalue weighted by Gasteiger charge is -2.08. The Kier molecular flexibility index (Phi) is 5.69. The molecule has 4 rings (SSSR count). The molecular weight excluding hydrogens is 408 g/mol. The van der Waals surface area contributed by atoms with Crippen LogP contribution in [-0.4, -0.2) is 31.4 Å². The molecule has 8 nitrogen and oxygen atoms in total. The summed E-state index contributed by atoms with van der Waals surface area (Å²) in [5.74, 6) is 1.30. The molecule has 0 spiro atoms. The Morgan fingerprint density at radius 1 is 1.31 bits per heavy atom. The summed E-state index contributed by atoms with van der Waals surface area (Å²) in [6.07, 6.45) is 5.01. The molecule has 0 unspecified atom stereocenters. The average molecular weight is 422 g/mol. The number of hydrogen-bond acceptors (Lipinski definition) is 8. The number of thioether (sulfide) groups is 1. The van der Waals surface area contributed by atoms with Gasteiger partial charge in [0.2, 0.25) is 5.91 Å². The molecule has 0 fully saturated rings. The van der Waals surface area contributed by atoms with Gasteiger partial charge in [0.05, 0.1) is 24.1 Å². The van der Waals surface area contributed by atoms with Crippen LogP contribution in [0.4, 0.5) is 5.00 Å². The Balaban J connectivity index is 1.53. The lowest BCUT2D eigenvalue weighted by Crippen LogP contribution is -2.14. The van der Waals surface area contributed by atoms with Crippen LogP contribution in [0, 0.1) is 11.3 Å². The lowest BCUT2D eigenvalue weighted by atomic mass is 10.2. The number of pyridine rings is 1. The molecule has 0 aliphatic heterocycles. The maximum absolute atomic E-state index is 12.3. The zero-order chi connectivity index (χ0) is 20.1. The molecule has 1 N–H and O–H groups in total. The van der Waals surface area contributed by atoms with Crippen LogP contribution in [0.3, 0.4) is 0 Å². The smallest absolute Gasteiger partial charge is 0.235 e. The molecule has 0 atom stereocenters. The maximum Gasteiger partial charge on any atom is 0.235 e. The predicted molar refractivity (Wildman–Crippen MR) is 109 cm³/mol. The minimum atomic E-state index is -0.218. The van der Waals surface area contributed by atoms with Gasteiger partial charge in [-0.2, -0.15) is 5.26 Å². The second kappa shape index (κ2) is 8.72. The number of hydrogen-bond donors (Lipinski definition) is 1. The van der Waals surface area contributed by atoms with Gasteiger partial charge in [0.15, 0.2) is 11.0 Å². The molecule has 0 aliphatic carbocycles. The fourth-order valence-electron chi connectivity index (χ4n) is 2.59. The third-order valence-corrected chi connectivity index (χ3v) is 5.70. The summed E-state index contributed by atoms with van der Waals surface area (Å²) in [5.41, 5.74) is 1.27. The molecule has 0 saturated carbocycles. The van der Waals surface area contributed by atoms with E-state index in [0.717, 1.165) is 11.3 Å². The highest BCUT2D eigenvalue weighted by Crippen LogP contribution is 2.26. The average Bonchev–Trinajstić information content (AvgIpc) is 3.49. The summed E-state index contributed by atoms with van der Waals surface area (Å²) in [6.45, 7) is 0.428. The quantitative estimate of drug-likeness (QED) is 0.453. The molecule has 29 heavy (non-hydrogen) atoms. The lowest BCUT2D eigenvalue weighted by molar-refractivity contribution is -0.113. The number of rotatable bonds is 7. The third-order valence-electron chi connectivity index (χ3n) is 3.90. The van der Waals surface area contributed by atoms with Crippen molar-refractivity contribution in [2.45, 2.75) is 11.7 Å². The summed E-state index contributed by atoms with van der Waals surface area (Å²) < 4.78 is 7.35. The van der Waals surface area contributed by atoms with Crippen LogP contribution in [0.2, 0.25) is 0 Å². The molecule has 0 radical (unpaired) electrons. The third kappa shape index (κ3) is 4.37. The topological polar surface area (TPSA) is 110 Å². The number of thiophene rings is 1. The van der Waals surface area contributed by atoms with E-state index in [0.29, 0.717) is 28.1 Å². The van der Waals surface area contributed by atoms with Crippen molar-refractivity contribution in [3.8, 4) is 17.5 Å². The van der Waals surface area contributed by atoms with Gasteiger partial charge in [0, 0.05) is 18.0 Å². The van der Waals surface area contributed by atoms with Gasteiger partial charge < -0.3 is 9.73 Å². The van der Waals surface area contributed by atoms with Crippen molar-refractivity contribution in [2.75, 3.05) is 11.1 Å². The highest BCUT2D eigenvalue weighted by Gasteiger charge is 2.17. The molecule has 144 valence electrons. The number of aromatic nitrogens is 4. The van der Waals surface area contributed by atoms with Crippen LogP contribution >= 0.6 is 23.1 Å². The zero-order valence-electron chi connectivity index (χ0n) is 15.0. The first kappa shape index (κ1) is 18.9. The summed E-state index contributed by atoms with van der Waals surface area (Å²) in [7, 11) is 0. The van der Waals surface area contributed by atoms with Crippen molar-refractivity contribution < 1.29 is 9.21 Å².